The number of hydrogen-bond acceptors (Lipinski definition) is 8. The van der Waals surface area contributed by atoms with E-state index in [4.69, 9.17) is 32.7 Å². The summed E-state index contributed by atoms with van der Waals surface area (Å²) in [7, 11) is -8.37. The van der Waals surface area contributed by atoms with E-state index in [1.165, 1.54) is 57.1 Å². The Bertz CT molecular complexity index is 2280. The molecule has 4 aromatic carbocycles. The predicted octanol–water partition coefficient (Wildman–Crippen LogP) is 7.77. The smallest absolute Gasteiger partial charge is 0.245 e. The van der Waals surface area contributed by atoms with E-state index in [2.05, 4.69) is 0 Å². The molecule has 0 radical (unpaired) electrons. The van der Waals surface area contributed by atoms with E-state index < -0.39 is 80.1 Å². The van der Waals surface area contributed by atoms with Crippen molar-refractivity contribution in [2.75, 3.05) is 0 Å². The van der Waals surface area contributed by atoms with E-state index in [0.29, 0.717) is 22.9 Å². The molecule has 4 aliphatic rings. The normalized spacial score (nSPS) is 33.0. The van der Waals surface area contributed by atoms with Crippen LogP contribution in [0.15, 0.2) is 119 Å². The Morgan fingerprint density at radius 1 is 0.643 bits per heavy atom. The van der Waals surface area contributed by atoms with Crippen molar-refractivity contribution in [2.45, 2.75) is 98.1 Å². The average molecular weight is 840 g/mol. The van der Waals surface area contributed by atoms with Crippen molar-refractivity contribution in [3.05, 3.63) is 130 Å². The van der Waals surface area contributed by atoms with Crippen molar-refractivity contribution in [3.63, 3.8) is 0 Å². The predicted molar refractivity (Wildman–Crippen MR) is 212 cm³/mol. The average Bonchev–Trinajstić information content (AvgIpc) is 3.95. The fourth-order valence-electron chi connectivity index (χ4n) is 9.62. The third-order valence-electron chi connectivity index (χ3n) is 12.3. The van der Waals surface area contributed by atoms with Gasteiger partial charge < -0.3 is 14.6 Å². The fourth-order valence-corrected chi connectivity index (χ4v) is 13.4. The zero-order chi connectivity index (χ0) is 39.6. The highest BCUT2D eigenvalue weighted by atomic mass is 35.5. The van der Waals surface area contributed by atoms with Gasteiger partial charge >= 0.3 is 0 Å². The number of Topliss-reactive ketones (excluding diaryl/α,β-unsaturated/α-hetero) is 1. The first kappa shape index (κ1) is 39.6. The molecule has 0 amide bonds. The molecule has 8 rings (SSSR count). The van der Waals surface area contributed by atoms with Crippen LogP contribution in [0, 0.1) is 17.8 Å². The first-order chi connectivity index (χ1) is 26.7. The highest BCUT2D eigenvalue weighted by molar-refractivity contribution is 7.89. The number of carbonyl (C=O) groups is 1. The van der Waals surface area contributed by atoms with Gasteiger partial charge in [-0.2, -0.15) is 8.61 Å². The third kappa shape index (κ3) is 6.74. The minimum Gasteiger partial charge on any atom is -0.389 e. The van der Waals surface area contributed by atoms with Crippen molar-refractivity contribution in [2.24, 2.45) is 17.8 Å². The molecule has 56 heavy (non-hydrogen) atoms. The second-order valence-electron chi connectivity index (χ2n) is 15.4. The number of sulfonamides is 2. The van der Waals surface area contributed by atoms with Gasteiger partial charge in [-0.05, 0) is 99.2 Å². The van der Waals surface area contributed by atoms with Crippen LogP contribution < -0.4 is 0 Å². The van der Waals surface area contributed by atoms with Crippen LogP contribution in [0.25, 0.3) is 0 Å². The van der Waals surface area contributed by atoms with Crippen LogP contribution >= 0.6 is 23.2 Å². The lowest BCUT2D eigenvalue weighted by molar-refractivity contribution is -0.149. The molecule has 2 saturated heterocycles. The molecule has 14 heteroatoms. The van der Waals surface area contributed by atoms with Gasteiger partial charge in [-0.1, -0.05) is 90.3 Å². The molecule has 4 fully saturated rings. The molecule has 0 bridgehead atoms. The SMILES string of the molecule is C[C@@H]1[C@@H](c2ccccc2)O[C@H]([C@H]2CCC[C@]2(O)[C@H]2CC[C@H]([C@H]3O[C@H](c4ccccc4)[C@@H](C)N3S(=O)(=O)c3ccc(Cl)cc3)C2=O)N1S(=O)(=O)c1ccc(Cl)cc1. The van der Waals surface area contributed by atoms with Gasteiger partial charge in [0.15, 0.2) is 0 Å². The first-order valence-corrected chi connectivity index (χ1v) is 22.6. The van der Waals surface area contributed by atoms with Crippen LogP contribution in [-0.2, 0) is 34.3 Å². The van der Waals surface area contributed by atoms with E-state index in [1.807, 2.05) is 60.7 Å². The molecule has 2 aliphatic carbocycles. The molecule has 0 spiro atoms. The lowest BCUT2D eigenvalue weighted by Crippen LogP contribution is -2.54. The highest BCUT2D eigenvalue weighted by Crippen LogP contribution is 2.55. The molecule has 4 aromatic rings. The Morgan fingerprint density at radius 2 is 1.09 bits per heavy atom. The lowest BCUT2D eigenvalue weighted by Gasteiger charge is -2.40. The summed E-state index contributed by atoms with van der Waals surface area (Å²) in [6.45, 7) is 3.58. The van der Waals surface area contributed by atoms with Gasteiger partial charge in [0, 0.05) is 21.9 Å². The molecular weight excluding hydrogens is 796 g/mol. The summed E-state index contributed by atoms with van der Waals surface area (Å²) < 4.78 is 74.0. The summed E-state index contributed by atoms with van der Waals surface area (Å²) >= 11 is 12.3. The number of ether oxygens (including phenoxy) is 2. The highest BCUT2D eigenvalue weighted by Gasteiger charge is 2.63. The second-order valence-corrected chi connectivity index (χ2v) is 20.0. The van der Waals surface area contributed by atoms with Crippen LogP contribution in [0.1, 0.15) is 69.3 Å². The third-order valence-corrected chi connectivity index (χ3v) is 16.7. The molecule has 1 N–H and O–H groups in total. The van der Waals surface area contributed by atoms with Crippen molar-refractivity contribution in [3.8, 4) is 0 Å². The first-order valence-electron chi connectivity index (χ1n) is 19.0. The van der Waals surface area contributed by atoms with Gasteiger partial charge in [0.2, 0.25) is 20.0 Å². The van der Waals surface area contributed by atoms with Crippen molar-refractivity contribution < 1.29 is 36.2 Å². The van der Waals surface area contributed by atoms with Crippen LogP contribution in [0.5, 0.6) is 0 Å². The van der Waals surface area contributed by atoms with E-state index in [1.54, 1.807) is 13.8 Å². The molecule has 296 valence electrons. The van der Waals surface area contributed by atoms with Crippen molar-refractivity contribution in [1.82, 2.24) is 8.61 Å². The minimum absolute atomic E-state index is 0.0232. The van der Waals surface area contributed by atoms with E-state index >= 15 is 0 Å². The largest absolute Gasteiger partial charge is 0.389 e. The maximum absolute atomic E-state index is 14.9. The zero-order valence-corrected chi connectivity index (χ0v) is 34.0. The summed E-state index contributed by atoms with van der Waals surface area (Å²) in [6, 6.07) is 29.2. The van der Waals surface area contributed by atoms with Gasteiger partial charge in [0.25, 0.3) is 0 Å². The quantitative estimate of drug-likeness (QED) is 0.181. The molecule has 0 unspecified atom stereocenters. The Labute approximate surface area is 338 Å². The van der Waals surface area contributed by atoms with Gasteiger partial charge in [0.1, 0.15) is 30.4 Å². The summed E-state index contributed by atoms with van der Waals surface area (Å²) in [4.78, 5) is 14.9. The molecule has 2 aliphatic heterocycles. The fraction of sp³-hybridized carbons (Fsp3) is 0.405. The second kappa shape index (κ2) is 15.2. The summed E-state index contributed by atoms with van der Waals surface area (Å²) in [5.74, 6) is -2.87. The zero-order valence-electron chi connectivity index (χ0n) is 30.9. The molecule has 2 saturated carbocycles. The number of aliphatic hydroxyl groups is 1. The Kier molecular flexibility index (Phi) is 10.8. The van der Waals surface area contributed by atoms with Crippen LogP contribution in [0.3, 0.4) is 0 Å². The summed E-state index contributed by atoms with van der Waals surface area (Å²) in [5.41, 5.74) is -0.0732. The molecule has 10 nitrogen and oxygen atoms in total. The van der Waals surface area contributed by atoms with Crippen LogP contribution in [0.4, 0.5) is 0 Å². The standard InChI is InChI=1S/C42H44Cl2N2O8S2/c1-26-38(28-10-5-3-6-11-28)53-40(45(26)55(49,50)32-19-15-30(43)16-20-32)34-23-24-35(37(34)47)42(48)25-9-14-36(42)41-46(56(51,52)33-21-17-31(44)18-22-33)27(2)39(54-41)29-12-7-4-8-13-29/h3-8,10-13,15-22,26-27,34-36,38-41,48H,9,14,23-25H2,1-2H3/t26-,27-,34+,35+,36-,38+,39+,40-,41-,42+/m1/s1. The van der Waals surface area contributed by atoms with E-state index in [-0.39, 0.29) is 34.8 Å². The maximum atomic E-state index is 14.9. The van der Waals surface area contributed by atoms with E-state index in [9.17, 15) is 26.7 Å². The molecule has 10 atom stereocenters. The number of benzene rings is 4. The maximum Gasteiger partial charge on any atom is 0.245 e. The molecule has 2 heterocycles. The Hall–Kier alpha value is -3.17. The van der Waals surface area contributed by atoms with Gasteiger partial charge in [-0.15, -0.1) is 0 Å². The van der Waals surface area contributed by atoms with Gasteiger partial charge in [0.05, 0.1) is 33.4 Å². The minimum atomic E-state index is -4.19. The number of ketones is 1. The number of nitrogens with zero attached hydrogens (tertiary/aromatic N) is 2. The topological polar surface area (TPSA) is 131 Å². The van der Waals surface area contributed by atoms with Crippen LogP contribution in [0.2, 0.25) is 10.0 Å². The van der Waals surface area contributed by atoms with Crippen molar-refractivity contribution in [1.29, 1.82) is 0 Å². The number of halogens is 2. The van der Waals surface area contributed by atoms with Crippen LogP contribution in [-0.4, -0.2) is 66.5 Å². The number of hydrogen-bond donors (Lipinski definition) is 1. The van der Waals surface area contributed by atoms with Gasteiger partial charge in [-0.3, -0.25) is 4.79 Å². The van der Waals surface area contributed by atoms with E-state index in [0.717, 1.165) is 11.1 Å². The number of carbonyl (C=O) groups excluding carboxylic acids is 1. The molecule has 0 aromatic heterocycles. The van der Waals surface area contributed by atoms with Gasteiger partial charge in [-0.25, -0.2) is 16.8 Å². The lowest BCUT2D eigenvalue weighted by atomic mass is 9.76. The number of rotatable bonds is 9. The molecular formula is C42H44Cl2N2O8S2. The Morgan fingerprint density at radius 3 is 1.57 bits per heavy atom. The Balaban J connectivity index is 1.14. The van der Waals surface area contributed by atoms with Crippen molar-refractivity contribution >= 4 is 49.0 Å². The summed E-state index contributed by atoms with van der Waals surface area (Å²) in [5, 5.41) is 13.6. The summed E-state index contributed by atoms with van der Waals surface area (Å²) in [6.07, 6.45) is -1.80. The monoisotopic (exact) mass is 838 g/mol.